The van der Waals surface area contributed by atoms with Crippen LogP contribution in [0.3, 0.4) is 0 Å². The highest BCUT2D eigenvalue weighted by Crippen LogP contribution is 2.42. The van der Waals surface area contributed by atoms with E-state index in [0.717, 1.165) is 38.9 Å². The normalized spacial score (nSPS) is 34.4. The standard InChI is InChI=1S/C23H35N3O.2ClH/c1-16-14-26(15-17-6-3-2-4-7-17)11-10-21(16)25-23(27)20-12-18-8-5-9-19(13-20)22(18)24;;/h2-4,6-7,16,18-22H,5,8-15,24H2,1H3,(H,25,27);2*1H. The first-order chi connectivity index (χ1) is 13.1. The van der Waals surface area contributed by atoms with Crippen molar-refractivity contribution in [3.05, 3.63) is 35.9 Å². The Balaban J connectivity index is 0.00000150. The zero-order valence-corrected chi connectivity index (χ0v) is 19.1. The Bertz CT molecular complexity index is 630. The first kappa shape index (κ1) is 24.5. The molecular weight excluding hydrogens is 405 g/mol. The van der Waals surface area contributed by atoms with E-state index in [-0.39, 0.29) is 30.7 Å². The fraction of sp³-hybridized carbons (Fsp3) is 0.696. The van der Waals surface area contributed by atoms with Crippen molar-refractivity contribution in [3.8, 4) is 0 Å². The molecule has 4 nitrogen and oxygen atoms in total. The van der Waals surface area contributed by atoms with E-state index < -0.39 is 0 Å². The minimum absolute atomic E-state index is 0. The fourth-order valence-electron chi connectivity index (χ4n) is 5.74. The molecule has 1 aromatic rings. The van der Waals surface area contributed by atoms with Crippen LogP contribution < -0.4 is 11.1 Å². The van der Waals surface area contributed by atoms with Crippen LogP contribution in [0.2, 0.25) is 0 Å². The third-order valence-electron chi connectivity index (χ3n) is 7.35. The number of halogens is 2. The van der Waals surface area contributed by atoms with Crippen molar-refractivity contribution in [2.24, 2.45) is 29.4 Å². The Morgan fingerprint density at radius 2 is 1.76 bits per heavy atom. The van der Waals surface area contributed by atoms with Gasteiger partial charge < -0.3 is 11.1 Å². The second-order valence-electron chi connectivity index (χ2n) is 9.30. The number of amides is 1. The lowest BCUT2D eigenvalue weighted by molar-refractivity contribution is -0.129. The number of likely N-dealkylation sites (tertiary alicyclic amines) is 1. The molecule has 4 rings (SSSR count). The minimum atomic E-state index is 0. The minimum Gasteiger partial charge on any atom is -0.353 e. The van der Waals surface area contributed by atoms with Gasteiger partial charge in [-0.1, -0.05) is 43.7 Å². The van der Waals surface area contributed by atoms with Gasteiger partial charge in [0.25, 0.3) is 0 Å². The van der Waals surface area contributed by atoms with Crippen LogP contribution in [0.5, 0.6) is 0 Å². The van der Waals surface area contributed by atoms with Gasteiger partial charge in [-0.05, 0) is 55.4 Å². The van der Waals surface area contributed by atoms with Crippen LogP contribution in [0.1, 0.15) is 51.0 Å². The van der Waals surface area contributed by atoms with Crippen molar-refractivity contribution in [1.29, 1.82) is 0 Å². The summed E-state index contributed by atoms with van der Waals surface area (Å²) in [7, 11) is 0. The molecule has 2 bridgehead atoms. The number of carbonyl (C=O) groups is 1. The summed E-state index contributed by atoms with van der Waals surface area (Å²) >= 11 is 0. The molecule has 3 fully saturated rings. The summed E-state index contributed by atoms with van der Waals surface area (Å²) < 4.78 is 0. The summed E-state index contributed by atoms with van der Waals surface area (Å²) in [6, 6.07) is 11.3. The zero-order chi connectivity index (χ0) is 18.8. The Kier molecular flexibility index (Phi) is 9.27. The van der Waals surface area contributed by atoms with Crippen LogP contribution in [0, 0.1) is 23.7 Å². The quantitative estimate of drug-likeness (QED) is 0.741. The molecule has 4 unspecified atom stereocenters. The summed E-state index contributed by atoms with van der Waals surface area (Å²) in [5.41, 5.74) is 7.77. The van der Waals surface area contributed by atoms with E-state index in [1.54, 1.807) is 0 Å². The first-order valence-electron chi connectivity index (χ1n) is 10.9. The van der Waals surface area contributed by atoms with Crippen molar-refractivity contribution in [2.75, 3.05) is 13.1 Å². The van der Waals surface area contributed by atoms with E-state index in [1.165, 1.54) is 24.8 Å². The smallest absolute Gasteiger partial charge is 0.223 e. The molecular formula is C23H37Cl2N3O. The number of nitrogens with one attached hydrogen (secondary N) is 1. The molecule has 1 heterocycles. The lowest BCUT2D eigenvalue weighted by Crippen LogP contribution is -2.53. The van der Waals surface area contributed by atoms with Crippen LogP contribution in [0.4, 0.5) is 0 Å². The number of carbonyl (C=O) groups excluding carboxylic acids is 1. The van der Waals surface area contributed by atoms with Gasteiger partial charge in [-0.25, -0.2) is 0 Å². The Hall–Kier alpha value is -0.810. The van der Waals surface area contributed by atoms with E-state index in [4.69, 9.17) is 5.73 Å². The van der Waals surface area contributed by atoms with E-state index in [9.17, 15) is 4.79 Å². The highest BCUT2D eigenvalue weighted by Gasteiger charge is 2.41. The van der Waals surface area contributed by atoms with Crippen LogP contribution in [0.25, 0.3) is 0 Å². The van der Waals surface area contributed by atoms with Gasteiger partial charge in [0.05, 0.1) is 0 Å². The lowest BCUT2D eigenvalue weighted by atomic mass is 9.65. The lowest BCUT2D eigenvalue weighted by Gasteiger charge is -2.44. The van der Waals surface area contributed by atoms with Gasteiger partial charge in [0.1, 0.15) is 0 Å². The summed E-state index contributed by atoms with van der Waals surface area (Å²) in [5, 5.41) is 3.42. The highest BCUT2D eigenvalue weighted by atomic mass is 35.5. The molecule has 0 aromatic heterocycles. The van der Waals surface area contributed by atoms with Crippen molar-refractivity contribution in [3.63, 3.8) is 0 Å². The SMILES string of the molecule is CC1CN(Cc2ccccc2)CCC1NC(=O)C1CC2CCCC(C1)C2N.Cl.Cl. The molecule has 29 heavy (non-hydrogen) atoms. The molecule has 3 aliphatic rings. The third-order valence-corrected chi connectivity index (χ3v) is 7.35. The van der Waals surface area contributed by atoms with Gasteiger partial charge in [0.15, 0.2) is 0 Å². The molecule has 1 amide bonds. The molecule has 6 heteroatoms. The zero-order valence-electron chi connectivity index (χ0n) is 17.5. The highest BCUT2D eigenvalue weighted by molar-refractivity contribution is 5.85. The van der Waals surface area contributed by atoms with E-state index in [2.05, 4.69) is 47.5 Å². The fourth-order valence-corrected chi connectivity index (χ4v) is 5.74. The predicted molar refractivity (Wildman–Crippen MR) is 123 cm³/mol. The molecule has 3 N–H and O–H groups in total. The van der Waals surface area contributed by atoms with Gasteiger partial charge in [-0.15, -0.1) is 24.8 Å². The second kappa shape index (κ2) is 11.0. The molecule has 0 radical (unpaired) electrons. The number of nitrogens with zero attached hydrogens (tertiary/aromatic N) is 1. The molecule has 0 spiro atoms. The summed E-state index contributed by atoms with van der Waals surface area (Å²) in [5.74, 6) is 2.12. The second-order valence-corrected chi connectivity index (χ2v) is 9.30. The average Bonchev–Trinajstić information content (AvgIpc) is 2.64. The Morgan fingerprint density at radius 3 is 2.38 bits per heavy atom. The first-order valence-corrected chi connectivity index (χ1v) is 10.9. The molecule has 1 aromatic carbocycles. The number of nitrogens with two attached hydrogens (primary N) is 1. The van der Waals surface area contributed by atoms with Crippen LogP contribution >= 0.6 is 24.8 Å². The molecule has 4 atom stereocenters. The number of fused-ring (bicyclic) bond motifs is 2. The number of benzene rings is 1. The summed E-state index contributed by atoms with van der Waals surface area (Å²) in [6.07, 6.45) is 6.80. The van der Waals surface area contributed by atoms with Crippen molar-refractivity contribution < 1.29 is 4.79 Å². The predicted octanol–water partition coefficient (Wildman–Crippen LogP) is 4.01. The third kappa shape index (κ3) is 5.88. The van der Waals surface area contributed by atoms with Gasteiger partial charge in [0.2, 0.25) is 5.91 Å². The topological polar surface area (TPSA) is 58.4 Å². The van der Waals surface area contributed by atoms with Gasteiger partial charge >= 0.3 is 0 Å². The van der Waals surface area contributed by atoms with E-state index >= 15 is 0 Å². The van der Waals surface area contributed by atoms with Crippen LogP contribution in [0.15, 0.2) is 30.3 Å². The maximum atomic E-state index is 13.0. The van der Waals surface area contributed by atoms with E-state index in [1.807, 2.05) is 0 Å². The van der Waals surface area contributed by atoms with Crippen molar-refractivity contribution >= 4 is 30.7 Å². The maximum absolute atomic E-state index is 13.0. The largest absolute Gasteiger partial charge is 0.353 e. The van der Waals surface area contributed by atoms with Gasteiger partial charge in [-0.3, -0.25) is 9.69 Å². The maximum Gasteiger partial charge on any atom is 0.223 e. The molecule has 1 aliphatic heterocycles. The Labute approximate surface area is 188 Å². The van der Waals surface area contributed by atoms with E-state index in [0.29, 0.717) is 35.7 Å². The number of hydrogen-bond donors (Lipinski definition) is 2. The molecule has 2 aliphatic carbocycles. The van der Waals surface area contributed by atoms with Crippen LogP contribution in [-0.4, -0.2) is 36.0 Å². The van der Waals surface area contributed by atoms with Crippen molar-refractivity contribution in [1.82, 2.24) is 10.2 Å². The van der Waals surface area contributed by atoms with Crippen LogP contribution in [-0.2, 0) is 11.3 Å². The number of rotatable bonds is 4. The molecule has 164 valence electrons. The van der Waals surface area contributed by atoms with Crippen molar-refractivity contribution in [2.45, 2.75) is 64.1 Å². The number of hydrogen-bond acceptors (Lipinski definition) is 3. The summed E-state index contributed by atoms with van der Waals surface area (Å²) in [6.45, 7) is 5.41. The molecule has 2 saturated carbocycles. The van der Waals surface area contributed by atoms with Gasteiger partial charge in [-0.2, -0.15) is 0 Å². The average molecular weight is 442 g/mol. The van der Waals surface area contributed by atoms with Gasteiger partial charge in [0, 0.05) is 37.6 Å². The molecule has 1 saturated heterocycles. The number of piperidine rings is 1. The Morgan fingerprint density at radius 1 is 1.10 bits per heavy atom. The summed E-state index contributed by atoms with van der Waals surface area (Å²) in [4.78, 5) is 15.5. The monoisotopic (exact) mass is 441 g/mol.